The third-order valence-electron chi connectivity index (χ3n) is 3.13. The maximum Gasteiger partial charge on any atom is 0.337 e. The van der Waals surface area contributed by atoms with E-state index in [2.05, 4.69) is 4.74 Å². The minimum Gasteiger partial charge on any atom is -0.507 e. The van der Waals surface area contributed by atoms with Gasteiger partial charge in [-0.25, -0.2) is 4.79 Å². The van der Waals surface area contributed by atoms with E-state index in [0.29, 0.717) is 11.3 Å². The molecule has 3 nitrogen and oxygen atoms in total. The fourth-order valence-electron chi connectivity index (χ4n) is 2.04. The molecule has 3 heteroatoms. The molecule has 0 aliphatic rings. The molecule has 98 valence electrons. The van der Waals surface area contributed by atoms with Crippen LogP contribution >= 0.6 is 0 Å². The second-order valence-electron chi connectivity index (χ2n) is 4.53. The predicted octanol–water partition coefficient (Wildman–Crippen LogP) is 3.46. The Labute approximate surface area is 112 Å². The molecule has 0 aliphatic carbocycles. The second-order valence-corrected chi connectivity index (χ2v) is 4.53. The van der Waals surface area contributed by atoms with Crippen LogP contribution in [0.25, 0.3) is 11.1 Å². The van der Waals surface area contributed by atoms with Crippen molar-refractivity contribution in [3.63, 3.8) is 0 Å². The summed E-state index contributed by atoms with van der Waals surface area (Å²) in [6.07, 6.45) is 0. The Kier molecular flexibility index (Phi) is 3.56. The first-order valence-electron chi connectivity index (χ1n) is 6.02. The van der Waals surface area contributed by atoms with Crippen LogP contribution in [0.1, 0.15) is 21.5 Å². The zero-order valence-corrected chi connectivity index (χ0v) is 11.2. The Balaban J connectivity index is 2.40. The summed E-state index contributed by atoms with van der Waals surface area (Å²) < 4.78 is 4.66. The highest BCUT2D eigenvalue weighted by Gasteiger charge is 2.07. The molecule has 0 atom stereocenters. The number of esters is 1. The molecule has 0 bridgehead atoms. The van der Waals surface area contributed by atoms with Crippen molar-refractivity contribution >= 4 is 5.97 Å². The summed E-state index contributed by atoms with van der Waals surface area (Å²) in [5, 5.41) is 9.77. The van der Waals surface area contributed by atoms with E-state index in [4.69, 9.17) is 0 Å². The summed E-state index contributed by atoms with van der Waals surface area (Å²) in [6, 6.07) is 11.1. The number of hydrogen-bond donors (Lipinski definition) is 1. The van der Waals surface area contributed by atoms with Gasteiger partial charge in [-0.15, -0.1) is 0 Å². The standard InChI is InChI=1S/C16H16O3/c1-10-8-14(9-11(2)15(10)17)12-4-6-13(7-5-12)16(18)19-3/h4-9,17H,1-3H3. The molecule has 0 saturated heterocycles. The van der Waals surface area contributed by atoms with Gasteiger partial charge in [-0.2, -0.15) is 0 Å². The fraction of sp³-hybridized carbons (Fsp3) is 0.188. The highest BCUT2D eigenvalue weighted by Crippen LogP contribution is 2.29. The third kappa shape index (κ3) is 2.60. The van der Waals surface area contributed by atoms with Crippen molar-refractivity contribution in [2.45, 2.75) is 13.8 Å². The van der Waals surface area contributed by atoms with Gasteiger partial charge in [0.05, 0.1) is 12.7 Å². The van der Waals surface area contributed by atoms with Crippen molar-refractivity contribution < 1.29 is 14.6 Å². The third-order valence-corrected chi connectivity index (χ3v) is 3.13. The fourth-order valence-corrected chi connectivity index (χ4v) is 2.04. The molecular formula is C16H16O3. The van der Waals surface area contributed by atoms with Gasteiger partial charge in [0.1, 0.15) is 5.75 Å². The zero-order valence-electron chi connectivity index (χ0n) is 11.2. The van der Waals surface area contributed by atoms with Gasteiger partial charge in [0.15, 0.2) is 0 Å². The topological polar surface area (TPSA) is 46.5 Å². The van der Waals surface area contributed by atoms with Crippen LogP contribution in [-0.2, 0) is 4.74 Å². The Morgan fingerprint density at radius 1 is 1.00 bits per heavy atom. The highest BCUT2D eigenvalue weighted by molar-refractivity contribution is 5.90. The SMILES string of the molecule is COC(=O)c1ccc(-c2cc(C)c(O)c(C)c2)cc1. The van der Waals surface area contributed by atoms with E-state index in [9.17, 15) is 9.90 Å². The summed E-state index contributed by atoms with van der Waals surface area (Å²) in [5.74, 6) is -0.0143. The molecule has 0 spiro atoms. The lowest BCUT2D eigenvalue weighted by molar-refractivity contribution is 0.0601. The van der Waals surface area contributed by atoms with Crippen molar-refractivity contribution in [3.8, 4) is 16.9 Å². The van der Waals surface area contributed by atoms with Gasteiger partial charge in [0.2, 0.25) is 0 Å². The zero-order chi connectivity index (χ0) is 14.0. The van der Waals surface area contributed by atoms with Crippen molar-refractivity contribution in [1.82, 2.24) is 0 Å². The average molecular weight is 256 g/mol. The van der Waals surface area contributed by atoms with Crippen molar-refractivity contribution in [2.75, 3.05) is 7.11 Å². The number of methoxy groups -OCH3 is 1. The summed E-state index contributed by atoms with van der Waals surface area (Å²) >= 11 is 0. The summed E-state index contributed by atoms with van der Waals surface area (Å²) in [4.78, 5) is 11.4. The maximum atomic E-state index is 11.4. The van der Waals surface area contributed by atoms with E-state index in [1.807, 2.05) is 38.1 Å². The van der Waals surface area contributed by atoms with Gasteiger partial charge in [0.25, 0.3) is 0 Å². The van der Waals surface area contributed by atoms with Crippen LogP contribution in [0.5, 0.6) is 5.75 Å². The molecule has 0 aromatic heterocycles. The Hall–Kier alpha value is -2.29. The molecule has 0 radical (unpaired) electrons. The molecule has 19 heavy (non-hydrogen) atoms. The van der Waals surface area contributed by atoms with Gasteiger partial charge in [-0.1, -0.05) is 12.1 Å². The molecule has 0 unspecified atom stereocenters. The summed E-state index contributed by atoms with van der Waals surface area (Å²) in [6.45, 7) is 3.74. The van der Waals surface area contributed by atoms with Crippen LogP contribution < -0.4 is 0 Å². The quantitative estimate of drug-likeness (QED) is 0.837. The molecule has 0 saturated carbocycles. The average Bonchev–Trinajstić information content (AvgIpc) is 2.43. The van der Waals surface area contributed by atoms with Gasteiger partial charge in [0, 0.05) is 0 Å². The van der Waals surface area contributed by atoms with Gasteiger partial charge in [-0.3, -0.25) is 0 Å². The summed E-state index contributed by atoms with van der Waals surface area (Å²) in [7, 11) is 1.36. The van der Waals surface area contributed by atoms with E-state index in [1.165, 1.54) is 7.11 Å². The highest BCUT2D eigenvalue weighted by atomic mass is 16.5. The first kappa shape index (κ1) is 13.1. The van der Waals surface area contributed by atoms with Crippen molar-refractivity contribution in [1.29, 1.82) is 0 Å². The van der Waals surface area contributed by atoms with E-state index in [0.717, 1.165) is 22.3 Å². The van der Waals surface area contributed by atoms with Crippen LogP contribution in [0.4, 0.5) is 0 Å². The molecule has 0 amide bonds. The maximum absolute atomic E-state index is 11.4. The van der Waals surface area contributed by atoms with Crippen LogP contribution in [0, 0.1) is 13.8 Å². The van der Waals surface area contributed by atoms with E-state index >= 15 is 0 Å². The van der Waals surface area contributed by atoms with E-state index < -0.39 is 0 Å². The Morgan fingerprint density at radius 2 is 1.53 bits per heavy atom. The van der Waals surface area contributed by atoms with Crippen LogP contribution in [0.2, 0.25) is 0 Å². The van der Waals surface area contributed by atoms with Gasteiger partial charge in [-0.05, 0) is 60.4 Å². The molecular weight excluding hydrogens is 240 g/mol. The first-order chi connectivity index (χ1) is 9.02. The molecule has 0 aliphatic heterocycles. The molecule has 2 rings (SSSR count). The number of phenols is 1. The lowest BCUT2D eigenvalue weighted by Gasteiger charge is -2.08. The van der Waals surface area contributed by atoms with Gasteiger partial charge < -0.3 is 9.84 Å². The van der Waals surface area contributed by atoms with Crippen molar-refractivity contribution in [2.24, 2.45) is 0 Å². The van der Waals surface area contributed by atoms with E-state index in [-0.39, 0.29) is 5.97 Å². The largest absolute Gasteiger partial charge is 0.507 e. The van der Waals surface area contributed by atoms with Crippen molar-refractivity contribution in [3.05, 3.63) is 53.1 Å². The number of ether oxygens (including phenoxy) is 1. The summed E-state index contributed by atoms with van der Waals surface area (Å²) in [5.41, 5.74) is 4.22. The molecule has 2 aromatic rings. The number of hydrogen-bond acceptors (Lipinski definition) is 3. The molecule has 0 fully saturated rings. The normalized spacial score (nSPS) is 10.3. The van der Waals surface area contributed by atoms with Gasteiger partial charge >= 0.3 is 5.97 Å². The minimum atomic E-state index is -0.343. The van der Waals surface area contributed by atoms with E-state index in [1.54, 1.807) is 12.1 Å². The number of benzene rings is 2. The predicted molar refractivity (Wildman–Crippen MR) is 74.4 cm³/mol. The Morgan fingerprint density at radius 3 is 2.00 bits per heavy atom. The lowest BCUT2D eigenvalue weighted by atomic mass is 9.99. The number of carbonyl (C=O) groups is 1. The Bertz CT molecular complexity index is 589. The minimum absolute atomic E-state index is 0.329. The van der Waals surface area contributed by atoms with Crippen LogP contribution in [0.15, 0.2) is 36.4 Å². The molecule has 2 aromatic carbocycles. The molecule has 0 heterocycles. The van der Waals surface area contributed by atoms with Crippen LogP contribution in [-0.4, -0.2) is 18.2 Å². The number of phenolic OH excluding ortho intramolecular Hbond substituents is 1. The number of aromatic hydroxyl groups is 1. The van der Waals surface area contributed by atoms with Crippen LogP contribution in [0.3, 0.4) is 0 Å². The number of carbonyl (C=O) groups excluding carboxylic acids is 1. The second kappa shape index (κ2) is 5.14. The smallest absolute Gasteiger partial charge is 0.337 e. The molecule has 1 N–H and O–H groups in total. The number of rotatable bonds is 2. The monoisotopic (exact) mass is 256 g/mol. The first-order valence-corrected chi connectivity index (χ1v) is 6.02. The lowest BCUT2D eigenvalue weighted by Crippen LogP contribution is -2.00. The number of aryl methyl sites for hydroxylation is 2.